The summed E-state index contributed by atoms with van der Waals surface area (Å²) in [6.07, 6.45) is 0. The number of nitrogens with zero attached hydrogens (tertiary/aromatic N) is 2. The molecule has 0 bridgehead atoms. The van der Waals surface area contributed by atoms with Gasteiger partial charge in [0.2, 0.25) is 0 Å². The van der Waals surface area contributed by atoms with Crippen LogP contribution in [0.15, 0.2) is 54.6 Å². The summed E-state index contributed by atoms with van der Waals surface area (Å²) in [6.45, 7) is 1.72. The van der Waals surface area contributed by atoms with Crippen molar-refractivity contribution in [2.45, 2.75) is 6.92 Å². The molecule has 0 amide bonds. The van der Waals surface area contributed by atoms with Gasteiger partial charge in [-0.2, -0.15) is 0 Å². The molecule has 3 aromatic rings. The highest BCUT2D eigenvalue weighted by atomic mass is 16.6. The van der Waals surface area contributed by atoms with Crippen LogP contribution in [0.3, 0.4) is 0 Å². The van der Waals surface area contributed by atoms with Crippen molar-refractivity contribution in [2.75, 3.05) is 0 Å². The van der Waals surface area contributed by atoms with Gasteiger partial charge in [0.1, 0.15) is 23.0 Å². The highest BCUT2D eigenvalue weighted by Crippen LogP contribution is 2.36. The summed E-state index contributed by atoms with van der Waals surface area (Å²) in [5, 5.41) is 40.8. The molecule has 0 saturated heterocycles. The Hall–Kier alpha value is -4.34. The molecule has 0 fully saturated rings. The predicted molar refractivity (Wildman–Crippen MR) is 101 cm³/mol. The highest BCUT2D eigenvalue weighted by molar-refractivity contribution is 5.53. The minimum Gasteiger partial charge on any atom is -0.502 e. The van der Waals surface area contributed by atoms with Gasteiger partial charge >= 0.3 is 11.4 Å². The summed E-state index contributed by atoms with van der Waals surface area (Å²) in [5.74, 6) is 0.161. The Morgan fingerprint density at radius 3 is 1.66 bits per heavy atom. The lowest BCUT2D eigenvalue weighted by atomic mass is 10.2. The van der Waals surface area contributed by atoms with Gasteiger partial charge in [-0.15, -0.1) is 0 Å². The number of hydrogen-bond donors (Lipinski definition) is 2. The maximum absolute atomic E-state index is 10.9. The molecule has 0 aliphatic carbocycles. The second-order valence-corrected chi connectivity index (χ2v) is 5.95. The zero-order valence-electron chi connectivity index (χ0n) is 14.9. The summed E-state index contributed by atoms with van der Waals surface area (Å²) >= 11 is 0. The van der Waals surface area contributed by atoms with Gasteiger partial charge in [-0.3, -0.25) is 20.2 Å². The quantitative estimate of drug-likeness (QED) is 0.444. The van der Waals surface area contributed by atoms with Crippen molar-refractivity contribution in [3.63, 3.8) is 0 Å². The van der Waals surface area contributed by atoms with Crippen molar-refractivity contribution in [1.82, 2.24) is 0 Å². The Labute approximate surface area is 163 Å². The van der Waals surface area contributed by atoms with Crippen LogP contribution in [0.5, 0.6) is 34.5 Å². The van der Waals surface area contributed by atoms with Crippen LogP contribution in [0, 0.1) is 27.2 Å². The molecule has 0 aliphatic rings. The number of nitro groups is 2. The lowest BCUT2D eigenvalue weighted by Crippen LogP contribution is -1.93. The number of phenols is 2. The molecule has 3 rings (SSSR count). The Balaban J connectivity index is 1.81. The molecule has 0 unspecified atom stereocenters. The third-order valence-electron chi connectivity index (χ3n) is 3.90. The van der Waals surface area contributed by atoms with Gasteiger partial charge in [0, 0.05) is 0 Å². The lowest BCUT2D eigenvalue weighted by Gasteiger charge is -2.11. The average molecular weight is 398 g/mol. The van der Waals surface area contributed by atoms with Gasteiger partial charge in [0.15, 0.2) is 11.5 Å². The third kappa shape index (κ3) is 4.33. The molecule has 10 heteroatoms. The molecule has 29 heavy (non-hydrogen) atoms. The Bertz CT molecular complexity index is 1110. The maximum Gasteiger partial charge on any atom is 0.314 e. The van der Waals surface area contributed by atoms with Crippen LogP contribution >= 0.6 is 0 Å². The molecular weight excluding hydrogens is 384 g/mol. The summed E-state index contributed by atoms with van der Waals surface area (Å²) in [6, 6.07) is 12.0. The van der Waals surface area contributed by atoms with Crippen LogP contribution in [-0.2, 0) is 0 Å². The maximum atomic E-state index is 10.9. The van der Waals surface area contributed by atoms with Crippen molar-refractivity contribution in [3.05, 3.63) is 80.4 Å². The summed E-state index contributed by atoms with van der Waals surface area (Å²) in [7, 11) is 0. The molecule has 0 saturated carbocycles. The van der Waals surface area contributed by atoms with E-state index in [0.717, 1.165) is 24.3 Å². The van der Waals surface area contributed by atoms with E-state index in [1.807, 2.05) is 0 Å². The minimum absolute atomic E-state index is 0.164. The first kappa shape index (κ1) is 19.4. The number of nitro benzene ring substituents is 2. The van der Waals surface area contributed by atoms with Crippen LogP contribution in [0.25, 0.3) is 0 Å². The molecular formula is C19H14N2O8. The first-order chi connectivity index (χ1) is 13.7. The van der Waals surface area contributed by atoms with E-state index < -0.39 is 32.7 Å². The standard InChI is InChI=1S/C19H14N2O8/c1-11-8-12(28-13-2-5-17(22)15(9-13)20(24)25)4-7-19(11)29-14-3-6-18(23)16(10-14)21(26)27/h2-10,22-23H,1H3. The Morgan fingerprint density at radius 2 is 1.17 bits per heavy atom. The van der Waals surface area contributed by atoms with Gasteiger partial charge < -0.3 is 19.7 Å². The second kappa shape index (κ2) is 7.72. The fraction of sp³-hybridized carbons (Fsp3) is 0.0526. The van der Waals surface area contributed by atoms with Crippen LogP contribution in [0.4, 0.5) is 11.4 Å². The first-order valence-corrected chi connectivity index (χ1v) is 8.16. The SMILES string of the molecule is Cc1cc(Oc2ccc(O)c([N+](=O)[O-])c2)ccc1Oc1ccc(O)c([N+](=O)[O-])c1. The van der Waals surface area contributed by atoms with E-state index in [2.05, 4.69) is 0 Å². The normalized spacial score (nSPS) is 10.4. The largest absolute Gasteiger partial charge is 0.502 e. The average Bonchev–Trinajstić information content (AvgIpc) is 2.66. The molecule has 0 atom stereocenters. The summed E-state index contributed by atoms with van der Waals surface area (Å²) < 4.78 is 11.2. The first-order valence-electron chi connectivity index (χ1n) is 8.16. The van der Waals surface area contributed by atoms with Crippen molar-refractivity contribution < 1.29 is 29.5 Å². The molecule has 0 spiro atoms. The van der Waals surface area contributed by atoms with E-state index >= 15 is 0 Å². The molecule has 10 nitrogen and oxygen atoms in total. The fourth-order valence-electron chi connectivity index (χ4n) is 2.49. The lowest BCUT2D eigenvalue weighted by molar-refractivity contribution is -0.386. The van der Waals surface area contributed by atoms with Crippen molar-refractivity contribution >= 4 is 11.4 Å². The smallest absolute Gasteiger partial charge is 0.314 e. The van der Waals surface area contributed by atoms with E-state index in [1.54, 1.807) is 25.1 Å². The molecule has 148 valence electrons. The van der Waals surface area contributed by atoms with E-state index in [1.165, 1.54) is 12.1 Å². The molecule has 0 radical (unpaired) electrons. The Morgan fingerprint density at radius 1 is 0.724 bits per heavy atom. The molecule has 0 heterocycles. The van der Waals surface area contributed by atoms with Crippen LogP contribution < -0.4 is 9.47 Å². The number of phenolic OH excluding ortho intramolecular Hbond substituents is 2. The third-order valence-corrected chi connectivity index (χ3v) is 3.90. The fourth-order valence-corrected chi connectivity index (χ4v) is 2.49. The van der Waals surface area contributed by atoms with E-state index in [-0.39, 0.29) is 11.5 Å². The molecule has 0 aromatic heterocycles. The van der Waals surface area contributed by atoms with E-state index in [0.29, 0.717) is 17.1 Å². The van der Waals surface area contributed by atoms with Gasteiger partial charge in [-0.25, -0.2) is 0 Å². The number of ether oxygens (including phenoxy) is 2. The van der Waals surface area contributed by atoms with Crippen LogP contribution in [0.2, 0.25) is 0 Å². The van der Waals surface area contributed by atoms with Crippen molar-refractivity contribution in [3.8, 4) is 34.5 Å². The number of rotatable bonds is 6. The topological polar surface area (TPSA) is 145 Å². The van der Waals surface area contributed by atoms with Crippen LogP contribution in [0.1, 0.15) is 5.56 Å². The van der Waals surface area contributed by atoms with Gasteiger partial charge in [-0.05, 0) is 55.0 Å². The van der Waals surface area contributed by atoms with Gasteiger partial charge in [0.25, 0.3) is 0 Å². The van der Waals surface area contributed by atoms with Crippen molar-refractivity contribution in [2.24, 2.45) is 0 Å². The second-order valence-electron chi connectivity index (χ2n) is 5.95. The number of aryl methyl sites for hydroxylation is 1. The Kier molecular flexibility index (Phi) is 5.17. The predicted octanol–water partition coefficient (Wildman–Crippen LogP) is 4.81. The molecule has 2 N–H and O–H groups in total. The monoisotopic (exact) mass is 398 g/mol. The van der Waals surface area contributed by atoms with Gasteiger partial charge in [-0.1, -0.05) is 0 Å². The zero-order valence-corrected chi connectivity index (χ0v) is 14.9. The number of aromatic hydroxyl groups is 2. The van der Waals surface area contributed by atoms with E-state index in [9.17, 15) is 30.4 Å². The summed E-state index contributed by atoms with van der Waals surface area (Å²) in [4.78, 5) is 20.4. The van der Waals surface area contributed by atoms with Crippen molar-refractivity contribution in [1.29, 1.82) is 0 Å². The summed E-state index contributed by atoms with van der Waals surface area (Å²) in [5.41, 5.74) is -0.325. The molecule has 0 aliphatic heterocycles. The van der Waals surface area contributed by atoms with Gasteiger partial charge in [0.05, 0.1) is 22.0 Å². The molecule has 3 aromatic carbocycles. The number of hydrogen-bond acceptors (Lipinski definition) is 8. The van der Waals surface area contributed by atoms with E-state index in [4.69, 9.17) is 9.47 Å². The zero-order chi connectivity index (χ0) is 21.1. The number of benzene rings is 3. The van der Waals surface area contributed by atoms with Crippen LogP contribution in [-0.4, -0.2) is 20.1 Å². The minimum atomic E-state index is -0.721. The highest BCUT2D eigenvalue weighted by Gasteiger charge is 2.16.